The molecular weight excluding hydrogens is 264 g/mol. The number of likely N-dealkylation sites (tertiary alicyclic amines) is 1. The lowest BCUT2D eigenvalue weighted by Crippen LogP contribution is -2.50. The van der Waals surface area contributed by atoms with E-state index >= 15 is 0 Å². The van der Waals surface area contributed by atoms with E-state index in [1.54, 1.807) is 0 Å². The third kappa shape index (κ3) is 3.42. The Morgan fingerprint density at radius 2 is 2.16 bits per heavy atom. The first kappa shape index (κ1) is 13.8. The number of carbonyl (C=O) groups excluding carboxylic acids is 1. The highest BCUT2D eigenvalue weighted by molar-refractivity contribution is 7.80. The van der Waals surface area contributed by atoms with E-state index in [2.05, 4.69) is 5.32 Å². The molecule has 19 heavy (non-hydrogen) atoms. The summed E-state index contributed by atoms with van der Waals surface area (Å²) >= 11 is 5.17. The Kier molecular flexibility index (Phi) is 4.34. The molecule has 0 saturated carbocycles. The van der Waals surface area contributed by atoms with E-state index < -0.39 is 18.1 Å². The van der Waals surface area contributed by atoms with E-state index in [0.717, 1.165) is 5.56 Å². The molecule has 1 aromatic carbocycles. The molecule has 1 fully saturated rings. The molecule has 0 spiro atoms. The van der Waals surface area contributed by atoms with Gasteiger partial charge in [-0.3, -0.25) is 0 Å². The second kappa shape index (κ2) is 5.99. The Morgan fingerprint density at radius 3 is 2.79 bits per heavy atom. The van der Waals surface area contributed by atoms with E-state index in [1.165, 1.54) is 4.90 Å². The zero-order valence-corrected chi connectivity index (χ0v) is 11.1. The first-order valence-electron chi connectivity index (χ1n) is 6.05. The number of hydrogen-bond acceptors (Lipinski definition) is 4. The summed E-state index contributed by atoms with van der Waals surface area (Å²) in [4.78, 5) is 12.5. The highest BCUT2D eigenvalue weighted by atomic mass is 32.1. The maximum Gasteiger partial charge on any atom is 0.169 e. The maximum atomic E-state index is 11.0. The number of β-amino-alcohol motifs (C(OH)–C–C–N with tert-alkyl or cyclic N) is 1. The summed E-state index contributed by atoms with van der Waals surface area (Å²) in [7, 11) is 0. The largest absolute Gasteiger partial charge is 0.548 e. The molecular formula is C13H15N2O3S-. The van der Waals surface area contributed by atoms with Crippen LogP contribution >= 0.6 is 12.2 Å². The van der Waals surface area contributed by atoms with Crippen molar-refractivity contribution in [3.63, 3.8) is 0 Å². The topological polar surface area (TPSA) is 75.6 Å². The van der Waals surface area contributed by atoms with Gasteiger partial charge < -0.3 is 25.2 Å². The van der Waals surface area contributed by atoms with Gasteiger partial charge >= 0.3 is 0 Å². The molecule has 2 atom stereocenters. The van der Waals surface area contributed by atoms with Gasteiger partial charge in [-0.25, -0.2) is 0 Å². The maximum absolute atomic E-state index is 11.0. The van der Waals surface area contributed by atoms with Gasteiger partial charge in [-0.15, -0.1) is 0 Å². The Bertz CT molecular complexity index is 466. The summed E-state index contributed by atoms with van der Waals surface area (Å²) < 4.78 is 0. The average Bonchev–Trinajstić information content (AvgIpc) is 2.79. The van der Waals surface area contributed by atoms with Crippen molar-refractivity contribution in [2.45, 2.75) is 25.1 Å². The van der Waals surface area contributed by atoms with Crippen LogP contribution in [0.1, 0.15) is 12.0 Å². The van der Waals surface area contributed by atoms with Gasteiger partial charge in [-0.1, -0.05) is 30.3 Å². The molecule has 0 bridgehead atoms. The van der Waals surface area contributed by atoms with E-state index in [-0.39, 0.29) is 13.0 Å². The van der Waals surface area contributed by atoms with Crippen molar-refractivity contribution in [1.82, 2.24) is 10.2 Å². The molecule has 6 heteroatoms. The molecule has 0 unspecified atom stereocenters. The standard InChI is InChI=1S/C13H16N2O3S/c16-10-6-11(12(17)18)15(8-10)13(19)14-7-9-4-2-1-3-5-9/h1-5,10-11,16H,6-8H2,(H,14,19)(H,17,18)/p-1/t10-,11+/m1/s1. The van der Waals surface area contributed by atoms with Gasteiger partial charge in [-0.05, 0) is 17.8 Å². The summed E-state index contributed by atoms with van der Waals surface area (Å²) in [5, 5.41) is 23.8. The second-order valence-electron chi connectivity index (χ2n) is 4.52. The molecule has 0 radical (unpaired) electrons. The molecule has 2 rings (SSSR count). The minimum absolute atomic E-state index is 0.148. The Labute approximate surface area is 116 Å². The van der Waals surface area contributed by atoms with E-state index in [9.17, 15) is 15.0 Å². The second-order valence-corrected chi connectivity index (χ2v) is 4.91. The summed E-state index contributed by atoms with van der Waals surface area (Å²) in [5.74, 6) is -1.21. The molecule has 2 N–H and O–H groups in total. The van der Waals surface area contributed by atoms with Crippen LogP contribution in [-0.2, 0) is 11.3 Å². The smallest absolute Gasteiger partial charge is 0.169 e. The third-order valence-corrected chi connectivity index (χ3v) is 3.48. The van der Waals surface area contributed by atoms with E-state index in [0.29, 0.717) is 11.7 Å². The van der Waals surface area contributed by atoms with Crippen molar-refractivity contribution in [3.05, 3.63) is 35.9 Å². The first-order chi connectivity index (χ1) is 9.08. The molecule has 5 nitrogen and oxygen atoms in total. The van der Waals surface area contributed by atoms with Crippen LogP contribution in [0.25, 0.3) is 0 Å². The van der Waals surface area contributed by atoms with Crippen LogP contribution in [-0.4, -0.2) is 39.8 Å². The highest BCUT2D eigenvalue weighted by Gasteiger charge is 2.33. The number of thiocarbonyl (C=S) groups is 1. The lowest BCUT2D eigenvalue weighted by Gasteiger charge is -2.27. The average molecular weight is 279 g/mol. The fraction of sp³-hybridized carbons (Fsp3) is 0.385. The van der Waals surface area contributed by atoms with Crippen molar-refractivity contribution in [3.8, 4) is 0 Å². The Balaban J connectivity index is 1.94. The summed E-state index contributed by atoms with van der Waals surface area (Å²) in [6.07, 6.45) is -0.533. The number of aliphatic hydroxyl groups is 1. The van der Waals surface area contributed by atoms with Gasteiger partial charge in [0.25, 0.3) is 0 Å². The van der Waals surface area contributed by atoms with Gasteiger partial charge in [-0.2, -0.15) is 0 Å². The molecule has 0 aliphatic carbocycles. The lowest BCUT2D eigenvalue weighted by atomic mass is 10.2. The predicted octanol–water partition coefficient (Wildman–Crippen LogP) is -0.754. The number of nitrogens with one attached hydrogen (secondary N) is 1. The Hall–Kier alpha value is -1.66. The summed E-state index contributed by atoms with van der Waals surface area (Å²) in [6, 6.07) is 8.80. The molecule has 1 heterocycles. The molecule has 1 saturated heterocycles. The molecule has 1 aliphatic heterocycles. The van der Waals surface area contributed by atoms with Crippen LogP contribution in [0.4, 0.5) is 0 Å². The minimum Gasteiger partial charge on any atom is -0.548 e. The van der Waals surface area contributed by atoms with E-state index in [1.807, 2.05) is 30.3 Å². The first-order valence-corrected chi connectivity index (χ1v) is 6.46. The van der Waals surface area contributed by atoms with Gasteiger partial charge in [0.15, 0.2) is 5.11 Å². The predicted molar refractivity (Wildman–Crippen MR) is 72.0 cm³/mol. The highest BCUT2D eigenvalue weighted by Crippen LogP contribution is 2.17. The normalized spacial score (nSPS) is 22.3. The zero-order chi connectivity index (χ0) is 13.8. The van der Waals surface area contributed by atoms with Crippen molar-refractivity contribution < 1.29 is 15.0 Å². The fourth-order valence-corrected chi connectivity index (χ4v) is 2.41. The van der Waals surface area contributed by atoms with Gasteiger partial charge in [0.1, 0.15) is 0 Å². The van der Waals surface area contributed by atoms with Gasteiger partial charge in [0, 0.05) is 19.5 Å². The van der Waals surface area contributed by atoms with Crippen molar-refractivity contribution in [2.75, 3.05) is 6.54 Å². The molecule has 102 valence electrons. The van der Waals surface area contributed by atoms with Crippen LogP contribution in [0.2, 0.25) is 0 Å². The number of carboxylic acid groups (broad SMARTS) is 1. The van der Waals surface area contributed by atoms with Crippen LogP contribution in [0.3, 0.4) is 0 Å². The fourth-order valence-electron chi connectivity index (χ4n) is 2.14. The van der Waals surface area contributed by atoms with Crippen LogP contribution in [0, 0.1) is 0 Å². The SMILES string of the molecule is O=C([O-])[C@@H]1C[C@@H](O)CN1C(=S)NCc1ccccc1. The van der Waals surface area contributed by atoms with Crippen molar-refractivity contribution in [2.24, 2.45) is 0 Å². The number of benzene rings is 1. The Morgan fingerprint density at radius 1 is 1.47 bits per heavy atom. The summed E-state index contributed by atoms with van der Waals surface area (Å²) in [5.41, 5.74) is 1.05. The van der Waals surface area contributed by atoms with Gasteiger partial charge in [0.05, 0.1) is 18.1 Å². The number of hydrogen-bond donors (Lipinski definition) is 2. The summed E-state index contributed by atoms with van der Waals surface area (Å²) in [6.45, 7) is 0.741. The van der Waals surface area contributed by atoms with Gasteiger partial charge in [0.2, 0.25) is 0 Å². The number of nitrogens with zero attached hydrogens (tertiary/aromatic N) is 1. The zero-order valence-electron chi connectivity index (χ0n) is 10.3. The molecule has 1 aromatic rings. The number of carboxylic acids is 1. The van der Waals surface area contributed by atoms with Crippen LogP contribution in [0.5, 0.6) is 0 Å². The van der Waals surface area contributed by atoms with Crippen LogP contribution < -0.4 is 10.4 Å². The van der Waals surface area contributed by atoms with E-state index in [4.69, 9.17) is 12.2 Å². The number of rotatable bonds is 3. The minimum atomic E-state index is -1.21. The van der Waals surface area contributed by atoms with Crippen molar-refractivity contribution >= 4 is 23.3 Å². The monoisotopic (exact) mass is 279 g/mol. The third-order valence-electron chi connectivity index (χ3n) is 3.10. The number of carbonyl (C=O) groups is 1. The lowest BCUT2D eigenvalue weighted by molar-refractivity contribution is -0.310. The molecule has 1 aliphatic rings. The molecule has 0 amide bonds. The molecule has 0 aromatic heterocycles. The van der Waals surface area contributed by atoms with Crippen LogP contribution in [0.15, 0.2) is 30.3 Å². The number of aliphatic carboxylic acids is 1. The number of aliphatic hydroxyl groups excluding tert-OH is 1. The van der Waals surface area contributed by atoms with Crippen molar-refractivity contribution in [1.29, 1.82) is 0 Å². The quantitative estimate of drug-likeness (QED) is 0.709.